The van der Waals surface area contributed by atoms with E-state index in [2.05, 4.69) is 15.8 Å². The van der Waals surface area contributed by atoms with E-state index in [1.165, 1.54) is 16.0 Å². The Bertz CT molecular complexity index is 1350. The third-order valence-corrected chi connectivity index (χ3v) is 6.69. The van der Waals surface area contributed by atoms with Crippen LogP contribution in [0.4, 0.5) is 21.0 Å². The van der Waals surface area contributed by atoms with Gasteiger partial charge in [0.05, 0.1) is 11.8 Å². The van der Waals surface area contributed by atoms with Crippen LogP contribution in [0.3, 0.4) is 0 Å². The maximum atomic E-state index is 13.8. The Morgan fingerprint density at radius 3 is 2.23 bits per heavy atom. The molecular formula is C28H29ClN6O4. The summed E-state index contributed by atoms with van der Waals surface area (Å²) in [5.74, 6) is -0.548. The van der Waals surface area contributed by atoms with E-state index in [1.807, 2.05) is 0 Å². The molecule has 11 heteroatoms. The number of carbonyl (C=O) groups is 3. The molecule has 0 radical (unpaired) electrons. The molecule has 0 saturated carbocycles. The van der Waals surface area contributed by atoms with Gasteiger partial charge in [-0.25, -0.2) is 15.0 Å². The van der Waals surface area contributed by atoms with E-state index in [0.717, 1.165) is 5.56 Å². The average Bonchev–Trinajstić information content (AvgIpc) is 3.14. The van der Waals surface area contributed by atoms with Gasteiger partial charge in [-0.05, 0) is 62.7 Å². The second-order valence-corrected chi connectivity index (χ2v) is 9.92. The molecule has 0 bridgehead atoms. The number of nitrogens with zero attached hydrogens (tertiary/aromatic N) is 4. The van der Waals surface area contributed by atoms with Gasteiger partial charge in [-0.2, -0.15) is 10.2 Å². The van der Waals surface area contributed by atoms with E-state index in [-0.39, 0.29) is 0 Å². The molecule has 202 valence electrons. The molecule has 39 heavy (non-hydrogen) atoms. The Morgan fingerprint density at radius 1 is 1.03 bits per heavy atom. The van der Waals surface area contributed by atoms with Crippen LogP contribution in [-0.2, 0) is 4.79 Å². The Balaban J connectivity index is 1.60. The van der Waals surface area contributed by atoms with E-state index in [0.29, 0.717) is 21.5 Å². The number of hydrogen-bond donors (Lipinski definition) is 3. The molecule has 10 nitrogen and oxygen atoms in total. The lowest BCUT2D eigenvalue weighted by molar-refractivity contribution is -0.129. The van der Waals surface area contributed by atoms with Gasteiger partial charge in [0.25, 0.3) is 5.91 Å². The lowest BCUT2D eigenvalue weighted by atomic mass is 9.98. The number of hydrogen-bond acceptors (Lipinski definition) is 5. The fourth-order valence-electron chi connectivity index (χ4n) is 4.56. The summed E-state index contributed by atoms with van der Waals surface area (Å²) in [4.78, 5) is 42.6. The molecule has 1 aliphatic rings. The van der Waals surface area contributed by atoms with Crippen molar-refractivity contribution in [2.75, 3.05) is 10.2 Å². The predicted molar refractivity (Wildman–Crippen MR) is 150 cm³/mol. The van der Waals surface area contributed by atoms with Crippen LogP contribution in [0, 0.1) is 0 Å². The highest BCUT2D eigenvalue weighted by molar-refractivity contribution is 6.30. The number of para-hydroxylation sites is 2. The number of urea groups is 2. The van der Waals surface area contributed by atoms with E-state index in [9.17, 15) is 19.6 Å². The summed E-state index contributed by atoms with van der Waals surface area (Å²) >= 11 is 5.90. The van der Waals surface area contributed by atoms with Crippen LogP contribution in [0.2, 0.25) is 5.02 Å². The van der Waals surface area contributed by atoms with Gasteiger partial charge in [-0.15, -0.1) is 0 Å². The second-order valence-electron chi connectivity index (χ2n) is 9.49. The number of hydroxylamine groups is 2. The SMILES string of the molecule is CC(C(=O)NN=Cc1ccc(Cl)cc1)N1C(=O)N(c2ccccc2)C(N(O)C(=O)Nc2ccccc2)C1(C)C. The molecule has 1 fully saturated rings. The van der Waals surface area contributed by atoms with Crippen LogP contribution in [-0.4, -0.2) is 57.1 Å². The molecule has 3 aromatic rings. The van der Waals surface area contributed by atoms with Crippen molar-refractivity contribution in [3.8, 4) is 0 Å². The van der Waals surface area contributed by atoms with Crippen molar-refractivity contribution in [1.29, 1.82) is 0 Å². The molecule has 4 rings (SSSR count). The average molecular weight is 549 g/mol. The zero-order valence-corrected chi connectivity index (χ0v) is 22.4. The van der Waals surface area contributed by atoms with Gasteiger partial charge in [0.15, 0.2) is 6.17 Å². The van der Waals surface area contributed by atoms with Crippen LogP contribution in [0.15, 0.2) is 90.0 Å². The molecule has 2 atom stereocenters. The van der Waals surface area contributed by atoms with Gasteiger partial charge in [0.1, 0.15) is 6.04 Å². The van der Waals surface area contributed by atoms with Crippen LogP contribution in [0.5, 0.6) is 0 Å². The summed E-state index contributed by atoms with van der Waals surface area (Å²) < 4.78 is 0. The Morgan fingerprint density at radius 2 is 1.62 bits per heavy atom. The number of nitrogens with one attached hydrogen (secondary N) is 2. The number of amides is 5. The molecular weight excluding hydrogens is 520 g/mol. The number of carbonyl (C=O) groups excluding carboxylic acids is 3. The number of hydrazone groups is 1. The topological polar surface area (TPSA) is 118 Å². The summed E-state index contributed by atoms with van der Waals surface area (Å²) in [6.07, 6.45) is 0.282. The first-order valence-corrected chi connectivity index (χ1v) is 12.6. The highest BCUT2D eigenvalue weighted by Crippen LogP contribution is 2.39. The maximum absolute atomic E-state index is 13.8. The van der Waals surface area contributed by atoms with Crippen LogP contribution < -0.4 is 15.6 Å². The number of halogens is 1. The van der Waals surface area contributed by atoms with Crippen LogP contribution in [0.1, 0.15) is 26.3 Å². The maximum Gasteiger partial charge on any atom is 0.347 e. The van der Waals surface area contributed by atoms with Crippen molar-refractivity contribution in [3.05, 3.63) is 95.5 Å². The van der Waals surface area contributed by atoms with Gasteiger partial charge >= 0.3 is 12.1 Å². The summed E-state index contributed by atoms with van der Waals surface area (Å²) in [6, 6.07) is 21.8. The molecule has 0 aromatic heterocycles. The standard InChI is InChI=1S/C28H29ClN6O4/c1-19(24(36)32-30-18-20-14-16-21(29)17-15-20)34-27(38)33(23-12-8-5-9-13-23)25(28(34,2)3)35(39)26(37)31-22-10-6-4-7-11-22/h4-19,25,39H,1-3H3,(H,31,37)(H,32,36). The molecule has 1 aliphatic heterocycles. The van der Waals surface area contributed by atoms with Crippen molar-refractivity contribution in [2.24, 2.45) is 5.10 Å². The predicted octanol–water partition coefficient (Wildman–Crippen LogP) is 5.15. The summed E-state index contributed by atoms with van der Waals surface area (Å²) in [5, 5.41) is 18.9. The Labute approximate surface area is 231 Å². The Kier molecular flexibility index (Phi) is 8.18. The molecule has 1 saturated heterocycles. The van der Waals surface area contributed by atoms with E-state index in [4.69, 9.17) is 11.6 Å². The summed E-state index contributed by atoms with van der Waals surface area (Å²) in [6.45, 7) is 4.92. The third-order valence-electron chi connectivity index (χ3n) is 6.43. The quantitative estimate of drug-likeness (QED) is 0.215. The highest BCUT2D eigenvalue weighted by Gasteiger charge is 2.58. The molecule has 5 amide bonds. The zero-order chi connectivity index (χ0) is 28.2. The molecule has 0 aliphatic carbocycles. The number of benzene rings is 3. The van der Waals surface area contributed by atoms with E-state index < -0.39 is 35.7 Å². The first-order valence-electron chi connectivity index (χ1n) is 12.2. The minimum Gasteiger partial charge on any atom is -0.306 e. The molecule has 3 aromatic carbocycles. The molecule has 2 unspecified atom stereocenters. The number of rotatable bonds is 7. The Hall–Kier alpha value is -4.41. The van der Waals surface area contributed by atoms with E-state index in [1.54, 1.807) is 106 Å². The van der Waals surface area contributed by atoms with Crippen molar-refractivity contribution in [1.82, 2.24) is 15.4 Å². The normalized spacial score (nSPS) is 17.3. The van der Waals surface area contributed by atoms with Crippen LogP contribution >= 0.6 is 11.6 Å². The second kappa shape index (κ2) is 11.5. The highest BCUT2D eigenvalue weighted by atomic mass is 35.5. The third kappa shape index (κ3) is 5.87. The zero-order valence-electron chi connectivity index (χ0n) is 21.7. The molecule has 1 heterocycles. The van der Waals surface area contributed by atoms with Crippen molar-refractivity contribution < 1.29 is 19.6 Å². The fourth-order valence-corrected chi connectivity index (χ4v) is 4.69. The monoisotopic (exact) mass is 548 g/mol. The van der Waals surface area contributed by atoms with Crippen molar-refractivity contribution in [2.45, 2.75) is 38.5 Å². The van der Waals surface area contributed by atoms with Gasteiger partial charge in [-0.3, -0.25) is 14.9 Å². The lowest BCUT2D eigenvalue weighted by Gasteiger charge is -2.39. The van der Waals surface area contributed by atoms with Gasteiger partial charge in [-0.1, -0.05) is 60.1 Å². The fraction of sp³-hybridized carbons (Fsp3) is 0.214. The first kappa shape index (κ1) is 27.6. The molecule has 3 N–H and O–H groups in total. The van der Waals surface area contributed by atoms with Gasteiger partial charge in [0, 0.05) is 16.4 Å². The lowest BCUT2D eigenvalue weighted by Crippen LogP contribution is -2.60. The van der Waals surface area contributed by atoms with Crippen LogP contribution in [0.25, 0.3) is 0 Å². The van der Waals surface area contributed by atoms with E-state index >= 15 is 0 Å². The van der Waals surface area contributed by atoms with Crippen molar-refractivity contribution >= 4 is 47.2 Å². The summed E-state index contributed by atoms with van der Waals surface area (Å²) in [5.41, 5.74) is 2.89. The first-order chi connectivity index (χ1) is 18.6. The molecule has 0 spiro atoms. The minimum absolute atomic E-state index is 0.447. The summed E-state index contributed by atoms with van der Waals surface area (Å²) in [7, 11) is 0. The number of anilines is 2. The smallest absolute Gasteiger partial charge is 0.306 e. The largest absolute Gasteiger partial charge is 0.347 e. The van der Waals surface area contributed by atoms with Gasteiger partial charge in [0.2, 0.25) is 0 Å². The minimum atomic E-state index is -1.22. The van der Waals surface area contributed by atoms with Gasteiger partial charge < -0.3 is 10.2 Å². The van der Waals surface area contributed by atoms with Crippen molar-refractivity contribution in [3.63, 3.8) is 0 Å².